The van der Waals surface area contributed by atoms with Gasteiger partial charge in [0.2, 0.25) is 0 Å². The molecule has 19 heavy (non-hydrogen) atoms. The quantitative estimate of drug-likeness (QED) is 0.903. The van der Waals surface area contributed by atoms with Crippen LogP contribution in [-0.2, 0) is 12.0 Å². The van der Waals surface area contributed by atoms with Gasteiger partial charge >= 0.3 is 0 Å². The molecule has 0 amide bonds. The van der Waals surface area contributed by atoms with Gasteiger partial charge in [-0.1, -0.05) is 19.4 Å². The van der Waals surface area contributed by atoms with Gasteiger partial charge in [-0.15, -0.1) is 0 Å². The second-order valence-corrected chi connectivity index (χ2v) is 5.70. The second kappa shape index (κ2) is 4.30. The molecule has 2 atom stereocenters. The van der Waals surface area contributed by atoms with E-state index in [4.69, 9.17) is 5.73 Å². The van der Waals surface area contributed by atoms with Crippen LogP contribution in [0, 0.1) is 5.82 Å². The average molecular weight is 261 g/mol. The molecule has 1 saturated carbocycles. The van der Waals surface area contributed by atoms with Gasteiger partial charge in [0, 0.05) is 18.0 Å². The molecule has 1 aliphatic rings. The molecule has 3 nitrogen and oxygen atoms in total. The van der Waals surface area contributed by atoms with Gasteiger partial charge in [0.25, 0.3) is 0 Å². The monoisotopic (exact) mass is 261 g/mol. The number of imidazole rings is 1. The highest BCUT2D eigenvalue weighted by Gasteiger charge is 2.41. The number of hydrogen-bond acceptors (Lipinski definition) is 2. The van der Waals surface area contributed by atoms with Gasteiger partial charge in [0.15, 0.2) is 5.82 Å². The number of benzene rings is 1. The van der Waals surface area contributed by atoms with Crippen molar-refractivity contribution in [3.05, 3.63) is 29.8 Å². The Morgan fingerprint density at radius 1 is 1.53 bits per heavy atom. The van der Waals surface area contributed by atoms with E-state index in [-0.39, 0.29) is 17.3 Å². The fourth-order valence-corrected chi connectivity index (χ4v) is 3.34. The lowest BCUT2D eigenvalue weighted by Gasteiger charge is -2.29. The van der Waals surface area contributed by atoms with Crippen molar-refractivity contribution in [1.82, 2.24) is 9.55 Å². The first-order chi connectivity index (χ1) is 9.08. The van der Waals surface area contributed by atoms with E-state index in [1.165, 1.54) is 6.07 Å². The maximum atomic E-state index is 13.9. The van der Waals surface area contributed by atoms with Crippen LogP contribution in [0.2, 0.25) is 0 Å². The van der Waals surface area contributed by atoms with E-state index in [0.717, 1.165) is 37.1 Å². The summed E-state index contributed by atoms with van der Waals surface area (Å²) in [5.41, 5.74) is 7.49. The summed E-state index contributed by atoms with van der Waals surface area (Å²) < 4.78 is 16.0. The molecule has 2 aromatic rings. The Labute approximate surface area is 112 Å². The van der Waals surface area contributed by atoms with Crippen molar-refractivity contribution in [1.29, 1.82) is 0 Å². The van der Waals surface area contributed by atoms with Crippen molar-refractivity contribution in [3.63, 3.8) is 0 Å². The molecule has 0 spiro atoms. The van der Waals surface area contributed by atoms with E-state index in [9.17, 15) is 4.39 Å². The van der Waals surface area contributed by atoms with Crippen LogP contribution in [0.4, 0.5) is 4.39 Å². The Bertz CT molecular complexity index is 619. The fraction of sp³-hybridized carbons (Fsp3) is 0.533. The Kier molecular flexibility index (Phi) is 2.86. The summed E-state index contributed by atoms with van der Waals surface area (Å²) in [6, 6.07) is 5.25. The Balaban J connectivity index is 2.26. The van der Waals surface area contributed by atoms with Crippen molar-refractivity contribution >= 4 is 11.0 Å². The van der Waals surface area contributed by atoms with Crippen LogP contribution < -0.4 is 5.73 Å². The highest BCUT2D eigenvalue weighted by Crippen LogP contribution is 2.40. The summed E-state index contributed by atoms with van der Waals surface area (Å²) in [7, 11) is 0. The number of rotatable bonds is 2. The lowest BCUT2D eigenvalue weighted by Crippen LogP contribution is -2.40. The van der Waals surface area contributed by atoms with Gasteiger partial charge < -0.3 is 10.3 Å². The number of nitrogens with two attached hydrogens (primary N) is 1. The summed E-state index contributed by atoms with van der Waals surface area (Å²) in [6.45, 7) is 5.02. The van der Waals surface area contributed by atoms with Gasteiger partial charge in [0.05, 0.1) is 5.52 Å². The third-order valence-electron chi connectivity index (χ3n) is 4.59. The van der Waals surface area contributed by atoms with Gasteiger partial charge in [-0.25, -0.2) is 9.37 Å². The highest BCUT2D eigenvalue weighted by molar-refractivity contribution is 5.77. The van der Waals surface area contributed by atoms with Crippen molar-refractivity contribution in [2.24, 2.45) is 5.73 Å². The van der Waals surface area contributed by atoms with Crippen molar-refractivity contribution in [2.45, 2.75) is 51.1 Å². The van der Waals surface area contributed by atoms with Crippen LogP contribution in [0.1, 0.15) is 38.9 Å². The summed E-state index contributed by atoms with van der Waals surface area (Å²) in [4.78, 5) is 4.60. The van der Waals surface area contributed by atoms with Gasteiger partial charge in [0.1, 0.15) is 11.3 Å². The van der Waals surface area contributed by atoms with Crippen LogP contribution >= 0.6 is 0 Å². The molecule has 0 bridgehead atoms. The zero-order valence-corrected chi connectivity index (χ0v) is 11.5. The molecule has 1 aromatic carbocycles. The minimum Gasteiger partial charge on any atom is -0.328 e. The van der Waals surface area contributed by atoms with Crippen molar-refractivity contribution < 1.29 is 4.39 Å². The number of aromatic nitrogens is 2. The van der Waals surface area contributed by atoms with Crippen LogP contribution in [0.25, 0.3) is 11.0 Å². The summed E-state index contributed by atoms with van der Waals surface area (Å²) >= 11 is 0. The van der Waals surface area contributed by atoms with Crippen LogP contribution in [-0.4, -0.2) is 15.6 Å². The van der Waals surface area contributed by atoms with Crippen molar-refractivity contribution in [2.75, 3.05) is 0 Å². The maximum absolute atomic E-state index is 13.9. The van der Waals surface area contributed by atoms with Gasteiger partial charge in [-0.05, 0) is 31.9 Å². The van der Waals surface area contributed by atoms with Crippen molar-refractivity contribution in [3.8, 4) is 0 Å². The first-order valence-electron chi connectivity index (χ1n) is 6.98. The Hall–Kier alpha value is -1.42. The van der Waals surface area contributed by atoms with Crippen LogP contribution in [0.3, 0.4) is 0 Å². The average Bonchev–Trinajstić information content (AvgIpc) is 2.93. The number of aryl methyl sites for hydroxylation is 1. The van der Waals surface area contributed by atoms with E-state index < -0.39 is 0 Å². The molecule has 1 aliphatic carbocycles. The molecule has 1 heterocycles. The number of hydrogen-bond donors (Lipinski definition) is 1. The first kappa shape index (κ1) is 12.6. The molecule has 0 saturated heterocycles. The Morgan fingerprint density at radius 3 is 2.95 bits per heavy atom. The number of halogens is 1. The molecule has 102 valence electrons. The standard InChI is InChI=1S/C15H20FN3/c1-3-19-11-7-4-6-10(16)13(11)18-14(19)15(2)9-5-8-12(15)17/h4,6-7,12H,3,5,8-9,17H2,1-2H3. The highest BCUT2D eigenvalue weighted by atomic mass is 19.1. The molecule has 0 aliphatic heterocycles. The number of para-hydroxylation sites is 1. The third kappa shape index (κ3) is 1.70. The lowest BCUT2D eigenvalue weighted by molar-refractivity contribution is 0.389. The van der Waals surface area contributed by atoms with Gasteiger partial charge in [-0.3, -0.25) is 0 Å². The first-order valence-corrected chi connectivity index (χ1v) is 6.98. The normalized spacial score (nSPS) is 27.3. The lowest BCUT2D eigenvalue weighted by atomic mass is 9.84. The summed E-state index contributed by atoms with van der Waals surface area (Å²) in [5.74, 6) is 0.696. The number of nitrogens with zero attached hydrogens (tertiary/aromatic N) is 2. The number of fused-ring (bicyclic) bond motifs is 1. The van der Waals surface area contributed by atoms with E-state index in [0.29, 0.717) is 5.52 Å². The zero-order chi connectivity index (χ0) is 13.6. The molecular weight excluding hydrogens is 241 g/mol. The summed E-state index contributed by atoms with van der Waals surface area (Å²) in [6.07, 6.45) is 3.16. The minimum absolute atomic E-state index is 0.109. The molecule has 1 aromatic heterocycles. The fourth-order valence-electron chi connectivity index (χ4n) is 3.34. The zero-order valence-electron chi connectivity index (χ0n) is 11.5. The smallest absolute Gasteiger partial charge is 0.151 e. The maximum Gasteiger partial charge on any atom is 0.151 e. The minimum atomic E-state index is -0.249. The SMILES string of the molecule is CCn1c(C2(C)CCCC2N)nc2c(F)cccc21. The Morgan fingerprint density at radius 2 is 2.32 bits per heavy atom. The molecule has 4 heteroatoms. The third-order valence-corrected chi connectivity index (χ3v) is 4.59. The van der Waals surface area contributed by atoms with Gasteiger partial charge in [-0.2, -0.15) is 0 Å². The van der Waals surface area contributed by atoms with E-state index >= 15 is 0 Å². The molecule has 2 unspecified atom stereocenters. The largest absolute Gasteiger partial charge is 0.328 e. The van der Waals surface area contributed by atoms with E-state index in [1.54, 1.807) is 6.07 Å². The topological polar surface area (TPSA) is 43.8 Å². The predicted octanol–water partition coefficient (Wildman–Crippen LogP) is 2.96. The molecule has 1 fully saturated rings. The van der Waals surface area contributed by atoms with E-state index in [1.807, 2.05) is 6.07 Å². The molecule has 2 N–H and O–H groups in total. The molecule has 0 radical (unpaired) electrons. The van der Waals surface area contributed by atoms with Crippen LogP contribution in [0.15, 0.2) is 18.2 Å². The van der Waals surface area contributed by atoms with Crippen LogP contribution in [0.5, 0.6) is 0 Å². The van der Waals surface area contributed by atoms with E-state index in [2.05, 4.69) is 23.4 Å². The second-order valence-electron chi connectivity index (χ2n) is 5.70. The molecule has 3 rings (SSSR count). The summed E-state index contributed by atoms with van der Waals surface area (Å²) in [5, 5.41) is 0. The molecular formula is C15H20FN3. The predicted molar refractivity (Wildman–Crippen MR) is 74.5 cm³/mol.